The van der Waals surface area contributed by atoms with Gasteiger partial charge in [-0.25, -0.2) is 0 Å². The predicted octanol–water partition coefficient (Wildman–Crippen LogP) is 0.686. The lowest BCUT2D eigenvalue weighted by molar-refractivity contribution is -0.385. The minimum Gasteiger partial charge on any atom is -0.502 e. The van der Waals surface area contributed by atoms with Crippen LogP contribution in [-0.4, -0.2) is 28.4 Å². The van der Waals surface area contributed by atoms with Crippen LogP contribution in [0.5, 0.6) is 5.75 Å². The summed E-state index contributed by atoms with van der Waals surface area (Å²) in [6.07, 6.45) is 1.42. The van der Waals surface area contributed by atoms with Gasteiger partial charge in [0.1, 0.15) is 0 Å². The molecule has 20 heavy (non-hydrogen) atoms. The number of primary amides is 1. The van der Waals surface area contributed by atoms with E-state index in [-0.39, 0.29) is 12.0 Å². The van der Waals surface area contributed by atoms with Crippen LogP contribution in [0.4, 0.5) is 5.69 Å². The molecular formula is C12H15N3O5. The van der Waals surface area contributed by atoms with E-state index in [1.165, 1.54) is 6.07 Å². The van der Waals surface area contributed by atoms with Crippen LogP contribution in [0, 0.1) is 10.1 Å². The van der Waals surface area contributed by atoms with Gasteiger partial charge in [-0.3, -0.25) is 19.7 Å². The molecule has 0 saturated heterocycles. The van der Waals surface area contributed by atoms with Gasteiger partial charge in [-0.15, -0.1) is 0 Å². The number of phenols is 1. The number of nitro groups is 1. The quantitative estimate of drug-likeness (QED) is 0.383. The molecule has 0 aliphatic carbocycles. The van der Waals surface area contributed by atoms with Crippen LogP contribution in [0.25, 0.3) is 0 Å². The molecule has 0 saturated carbocycles. The number of benzene rings is 1. The van der Waals surface area contributed by atoms with Crippen molar-refractivity contribution in [3.05, 3.63) is 33.9 Å². The number of carbonyl (C=O) groups excluding carboxylic acids is 2. The topological polar surface area (TPSA) is 136 Å². The Bertz CT molecular complexity index is 530. The van der Waals surface area contributed by atoms with Gasteiger partial charge in [0, 0.05) is 24.6 Å². The van der Waals surface area contributed by atoms with Gasteiger partial charge in [0.05, 0.1) is 4.92 Å². The van der Waals surface area contributed by atoms with Crippen molar-refractivity contribution < 1.29 is 19.6 Å². The number of unbranched alkanes of at least 4 members (excludes halogenated alkanes) is 1. The number of carbonyl (C=O) groups is 2. The maximum absolute atomic E-state index is 11.7. The Hall–Kier alpha value is -2.64. The number of aromatic hydroxyl groups is 1. The molecule has 0 aliphatic heterocycles. The molecule has 108 valence electrons. The molecule has 0 aliphatic rings. The molecule has 8 heteroatoms. The summed E-state index contributed by atoms with van der Waals surface area (Å²) in [5, 5.41) is 22.5. The predicted molar refractivity (Wildman–Crippen MR) is 70.1 cm³/mol. The molecule has 1 aromatic carbocycles. The molecule has 0 aromatic heterocycles. The fourth-order valence-electron chi connectivity index (χ4n) is 1.55. The third-order valence-corrected chi connectivity index (χ3v) is 2.57. The molecule has 0 heterocycles. The third-order valence-electron chi connectivity index (χ3n) is 2.57. The smallest absolute Gasteiger partial charge is 0.310 e. The SMILES string of the molecule is NC(=O)CCCCNC(=O)c1ccc([N+](=O)[O-])c(O)c1. The highest BCUT2D eigenvalue weighted by molar-refractivity contribution is 5.95. The van der Waals surface area contributed by atoms with Crippen LogP contribution in [-0.2, 0) is 4.79 Å². The van der Waals surface area contributed by atoms with Crippen molar-refractivity contribution in [2.45, 2.75) is 19.3 Å². The van der Waals surface area contributed by atoms with E-state index in [1.54, 1.807) is 0 Å². The Morgan fingerprint density at radius 1 is 1.35 bits per heavy atom. The first-order valence-electron chi connectivity index (χ1n) is 5.95. The molecular weight excluding hydrogens is 266 g/mol. The van der Waals surface area contributed by atoms with Crippen molar-refractivity contribution in [1.82, 2.24) is 5.32 Å². The summed E-state index contributed by atoms with van der Waals surface area (Å²) < 4.78 is 0. The molecule has 0 unspecified atom stereocenters. The minimum atomic E-state index is -0.735. The minimum absolute atomic E-state index is 0.128. The van der Waals surface area contributed by atoms with Crippen molar-refractivity contribution in [3.8, 4) is 5.75 Å². The third kappa shape index (κ3) is 4.56. The van der Waals surface area contributed by atoms with Crippen molar-refractivity contribution >= 4 is 17.5 Å². The van der Waals surface area contributed by atoms with Gasteiger partial charge < -0.3 is 16.2 Å². The van der Waals surface area contributed by atoms with Crippen molar-refractivity contribution in [1.29, 1.82) is 0 Å². The summed E-state index contributed by atoms with van der Waals surface area (Å²) in [7, 11) is 0. The highest BCUT2D eigenvalue weighted by atomic mass is 16.6. The fraction of sp³-hybridized carbons (Fsp3) is 0.333. The van der Waals surface area contributed by atoms with Crippen LogP contribution in [0.1, 0.15) is 29.6 Å². The average molecular weight is 281 g/mol. The van der Waals surface area contributed by atoms with Crippen molar-refractivity contribution in [2.75, 3.05) is 6.54 Å². The van der Waals surface area contributed by atoms with Crippen LogP contribution in [0.2, 0.25) is 0 Å². The van der Waals surface area contributed by atoms with Crippen LogP contribution < -0.4 is 11.1 Å². The molecule has 1 aromatic rings. The molecule has 0 radical (unpaired) electrons. The largest absolute Gasteiger partial charge is 0.502 e. The summed E-state index contributed by atoms with van der Waals surface area (Å²) in [6.45, 7) is 0.351. The first-order valence-corrected chi connectivity index (χ1v) is 5.95. The van der Waals surface area contributed by atoms with E-state index in [9.17, 15) is 24.8 Å². The Morgan fingerprint density at radius 3 is 2.60 bits per heavy atom. The zero-order chi connectivity index (χ0) is 15.1. The number of phenolic OH excluding ortho intramolecular Hbond substituents is 1. The average Bonchev–Trinajstić information content (AvgIpc) is 2.37. The Morgan fingerprint density at radius 2 is 2.05 bits per heavy atom. The fourth-order valence-corrected chi connectivity index (χ4v) is 1.55. The van der Waals surface area contributed by atoms with Gasteiger partial charge in [-0.2, -0.15) is 0 Å². The second-order valence-electron chi connectivity index (χ2n) is 4.14. The van der Waals surface area contributed by atoms with Crippen molar-refractivity contribution in [3.63, 3.8) is 0 Å². The number of nitrogens with two attached hydrogens (primary N) is 1. The van der Waals surface area contributed by atoms with Crippen LogP contribution >= 0.6 is 0 Å². The molecule has 1 rings (SSSR count). The molecule has 0 spiro atoms. The number of nitrogens with one attached hydrogen (secondary N) is 1. The van der Waals surface area contributed by atoms with E-state index in [2.05, 4.69) is 5.32 Å². The molecule has 8 nitrogen and oxygen atoms in total. The second-order valence-corrected chi connectivity index (χ2v) is 4.14. The van der Waals surface area contributed by atoms with E-state index < -0.39 is 28.2 Å². The lowest BCUT2D eigenvalue weighted by Gasteiger charge is -2.05. The van der Waals surface area contributed by atoms with E-state index in [0.29, 0.717) is 19.4 Å². The Balaban J connectivity index is 2.50. The summed E-state index contributed by atoms with van der Waals surface area (Å²) in [4.78, 5) is 32.0. The molecule has 4 N–H and O–H groups in total. The molecule has 0 bridgehead atoms. The van der Waals surface area contributed by atoms with Gasteiger partial charge in [0.15, 0.2) is 5.75 Å². The number of nitro benzene ring substituents is 1. The van der Waals surface area contributed by atoms with Crippen LogP contribution in [0.15, 0.2) is 18.2 Å². The Kier molecular flexibility index (Phi) is 5.45. The molecule has 0 atom stereocenters. The maximum Gasteiger partial charge on any atom is 0.310 e. The highest BCUT2D eigenvalue weighted by Gasteiger charge is 2.15. The number of rotatable bonds is 7. The van der Waals surface area contributed by atoms with Crippen LogP contribution in [0.3, 0.4) is 0 Å². The van der Waals surface area contributed by atoms with Gasteiger partial charge in [-0.05, 0) is 25.0 Å². The zero-order valence-electron chi connectivity index (χ0n) is 10.7. The molecule has 2 amide bonds. The standard InChI is InChI=1S/C12H15N3O5/c13-11(17)3-1-2-6-14-12(18)8-4-5-9(15(19)20)10(16)7-8/h4-5,7,16H,1-3,6H2,(H2,13,17)(H,14,18). The van der Waals surface area contributed by atoms with E-state index in [0.717, 1.165) is 12.1 Å². The first-order chi connectivity index (χ1) is 9.41. The lowest BCUT2D eigenvalue weighted by Crippen LogP contribution is -2.24. The van der Waals surface area contributed by atoms with E-state index in [1.807, 2.05) is 0 Å². The zero-order valence-corrected chi connectivity index (χ0v) is 10.7. The normalized spacial score (nSPS) is 10.0. The summed E-state index contributed by atoms with van der Waals surface area (Å²) >= 11 is 0. The van der Waals surface area contributed by atoms with Gasteiger partial charge in [0.25, 0.3) is 5.91 Å². The monoisotopic (exact) mass is 281 g/mol. The van der Waals surface area contributed by atoms with Gasteiger partial charge in [0.2, 0.25) is 5.91 Å². The Labute approximate surface area is 114 Å². The number of nitrogens with zero attached hydrogens (tertiary/aromatic N) is 1. The van der Waals surface area contributed by atoms with Crippen molar-refractivity contribution in [2.24, 2.45) is 5.73 Å². The van der Waals surface area contributed by atoms with E-state index >= 15 is 0 Å². The van der Waals surface area contributed by atoms with Gasteiger partial charge in [-0.1, -0.05) is 0 Å². The summed E-state index contributed by atoms with van der Waals surface area (Å²) in [5.74, 6) is -1.40. The van der Waals surface area contributed by atoms with Gasteiger partial charge >= 0.3 is 5.69 Å². The number of hydrogen-bond donors (Lipinski definition) is 3. The second kappa shape index (κ2) is 7.07. The molecule has 0 fully saturated rings. The van der Waals surface area contributed by atoms with E-state index in [4.69, 9.17) is 5.73 Å². The first kappa shape index (κ1) is 15.4. The number of amides is 2. The lowest BCUT2D eigenvalue weighted by atomic mass is 10.1. The maximum atomic E-state index is 11.7. The summed E-state index contributed by atoms with van der Waals surface area (Å²) in [5.41, 5.74) is 4.64. The summed E-state index contributed by atoms with van der Waals surface area (Å²) in [6, 6.07) is 3.37. The highest BCUT2D eigenvalue weighted by Crippen LogP contribution is 2.26. The number of hydrogen-bond acceptors (Lipinski definition) is 5.